The van der Waals surface area contributed by atoms with Crippen LogP contribution in [0.3, 0.4) is 0 Å². The number of fused-ring (bicyclic) bond motifs is 2. The molecule has 0 bridgehead atoms. The average Bonchev–Trinajstić information content (AvgIpc) is 3.46. The summed E-state index contributed by atoms with van der Waals surface area (Å²) in [5, 5.41) is 0. The van der Waals surface area contributed by atoms with Gasteiger partial charge in [-0.15, -0.1) is 0 Å². The smallest absolute Gasteiger partial charge is 0.231 e. The summed E-state index contributed by atoms with van der Waals surface area (Å²) in [6.07, 6.45) is 0. The number of Topliss-reactive ketones (excluding diaryl/α,β-unsaturated/α-hetero) is 2. The first kappa shape index (κ1) is 20.4. The normalized spacial score (nSPS) is 12.7. The quantitative estimate of drug-likeness (QED) is 0.285. The summed E-state index contributed by atoms with van der Waals surface area (Å²) >= 11 is 0. The van der Waals surface area contributed by atoms with Gasteiger partial charge in [-0.1, -0.05) is 11.8 Å². The maximum Gasteiger partial charge on any atom is 0.231 e. The van der Waals surface area contributed by atoms with E-state index in [0.717, 1.165) is 0 Å². The van der Waals surface area contributed by atoms with Gasteiger partial charge in [0, 0.05) is 17.2 Å². The van der Waals surface area contributed by atoms with Gasteiger partial charge < -0.3 is 33.2 Å². The number of ether oxygens (including phenoxy) is 7. The number of carbonyl (C=O) groups excluding carboxylic acids is 2. The lowest BCUT2D eigenvalue weighted by Gasteiger charge is -2.07. The topological polar surface area (TPSA) is 98.8 Å². The molecular formula is C22H18O9. The van der Waals surface area contributed by atoms with E-state index in [1.54, 1.807) is 12.1 Å². The molecule has 0 atom stereocenters. The number of hydrogen-bond acceptors (Lipinski definition) is 9. The van der Waals surface area contributed by atoms with Crippen molar-refractivity contribution in [1.29, 1.82) is 0 Å². The molecule has 0 aromatic heterocycles. The van der Waals surface area contributed by atoms with Gasteiger partial charge in [-0.2, -0.15) is 0 Å². The fraction of sp³-hybridized carbons (Fsp3) is 0.273. The molecule has 2 aromatic carbocycles. The highest BCUT2D eigenvalue weighted by Crippen LogP contribution is 2.42. The SMILES string of the molecule is COc1cc(C#CCOCC(=O)C(=O)c2cc(OC)c3c(c2)OCO3)cc2c1OCO2. The van der Waals surface area contributed by atoms with Crippen molar-refractivity contribution in [3.05, 3.63) is 35.4 Å². The van der Waals surface area contributed by atoms with Gasteiger partial charge in [0.05, 0.1) is 14.2 Å². The van der Waals surface area contributed by atoms with Gasteiger partial charge in [-0.3, -0.25) is 9.59 Å². The van der Waals surface area contributed by atoms with Crippen LogP contribution in [0.15, 0.2) is 24.3 Å². The molecule has 4 rings (SSSR count). The van der Waals surface area contributed by atoms with Crippen LogP contribution in [0.2, 0.25) is 0 Å². The monoisotopic (exact) mass is 426 g/mol. The summed E-state index contributed by atoms with van der Waals surface area (Å²) in [5.41, 5.74) is 0.771. The minimum atomic E-state index is -0.718. The number of hydrogen-bond donors (Lipinski definition) is 0. The molecule has 0 unspecified atom stereocenters. The van der Waals surface area contributed by atoms with Gasteiger partial charge in [-0.25, -0.2) is 0 Å². The van der Waals surface area contributed by atoms with Crippen molar-refractivity contribution in [2.24, 2.45) is 0 Å². The minimum absolute atomic E-state index is 0.0221. The first-order valence-corrected chi connectivity index (χ1v) is 9.20. The van der Waals surface area contributed by atoms with E-state index in [1.165, 1.54) is 26.4 Å². The maximum atomic E-state index is 12.4. The van der Waals surface area contributed by atoms with Gasteiger partial charge in [0.1, 0.15) is 13.2 Å². The Morgan fingerprint density at radius 2 is 1.55 bits per heavy atom. The lowest BCUT2D eigenvalue weighted by Crippen LogP contribution is -2.20. The van der Waals surface area contributed by atoms with Crippen LogP contribution in [0, 0.1) is 11.8 Å². The lowest BCUT2D eigenvalue weighted by atomic mass is 10.1. The number of ketones is 2. The summed E-state index contributed by atoms with van der Waals surface area (Å²) in [7, 11) is 2.96. The van der Waals surface area contributed by atoms with Crippen LogP contribution in [-0.2, 0) is 9.53 Å². The lowest BCUT2D eigenvalue weighted by molar-refractivity contribution is -0.118. The van der Waals surface area contributed by atoms with Gasteiger partial charge in [-0.05, 0) is 18.2 Å². The van der Waals surface area contributed by atoms with E-state index in [1.807, 2.05) is 0 Å². The third-order valence-corrected chi connectivity index (χ3v) is 4.47. The van der Waals surface area contributed by atoms with Crippen LogP contribution in [0.4, 0.5) is 0 Å². The average molecular weight is 426 g/mol. The van der Waals surface area contributed by atoms with Crippen molar-refractivity contribution in [1.82, 2.24) is 0 Å². The number of carbonyl (C=O) groups is 2. The van der Waals surface area contributed by atoms with E-state index in [2.05, 4.69) is 11.8 Å². The van der Waals surface area contributed by atoms with E-state index in [9.17, 15) is 9.59 Å². The highest BCUT2D eigenvalue weighted by atomic mass is 16.7. The first-order chi connectivity index (χ1) is 15.1. The van der Waals surface area contributed by atoms with Gasteiger partial charge in [0.2, 0.25) is 36.7 Å². The minimum Gasteiger partial charge on any atom is -0.493 e. The molecule has 9 heteroatoms. The van der Waals surface area contributed by atoms with Gasteiger partial charge in [0.15, 0.2) is 23.0 Å². The van der Waals surface area contributed by atoms with Crippen molar-refractivity contribution >= 4 is 11.6 Å². The van der Waals surface area contributed by atoms with Crippen molar-refractivity contribution < 1.29 is 42.7 Å². The second-order valence-electron chi connectivity index (χ2n) is 6.37. The zero-order valence-electron chi connectivity index (χ0n) is 16.8. The van der Waals surface area contributed by atoms with E-state index >= 15 is 0 Å². The zero-order chi connectivity index (χ0) is 21.8. The second kappa shape index (κ2) is 8.85. The molecule has 0 fully saturated rings. The Bertz CT molecular complexity index is 1090. The van der Waals surface area contributed by atoms with Crippen molar-refractivity contribution in [3.8, 4) is 46.3 Å². The van der Waals surface area contributed by atoms with Crippen LogP contribution in [0.1, 0.15) is 15.9 Å². The summed E-state index contributed by atoms with van der Waals surface area (Å²) < 4.78 is 36.9. The molecule has 2 aliphatic heterocycles. The highest BCUT2D eigenvalue weighted by molar-refractivity contribution is 6.44. The van der Waals surface area contributed by atoms with Crippen LogP contribution in [0.5, 0.6) is 34.5 Å². The Hall–Kier alpha value is -3.90. The molecule has 0 amide bonds. The largest absolute Gasteiger partial charge is 0.493 e. The van der Waals surface area contributed by atoms with E-state index in [-0.39, 0.29) is 25.8 Å². The summed E-state index contributed by atoms with van der Waals surface area (Å²) in [6.45, 7) is -0.305. The highest BCUT2D eigenvalue weighted by Gasteiger charge is 2.25. The Balaban J connectivity index is 1.34. The predicted molar refractivity (Wildman–Crippen MR) is 105 cm³/mol. The molecule has 0 N–H and O–H groups in total. The predicted octanol–water partition coefficient (Wildman–Crippen LogP) is 1.98. The number of rotatable bonds is 7. The zero-order valence-corrected chi connectivity index (χ0v) is 16.8. The van der Waals surface area contributed by atoms with Gasteiger partial charge in [0.25, 0.3) is 0 Å². The van der Waals surface area contributed by atoms with Crippen LogP contribution in [-0.4, -0.2) is 52.6 Å². The third-order valence-electron chi connectivity index (χ3n) is 4.47. The molecule has 0 spiro atoms. The molecule has 2 heterocycles. The van der Waals surface area contributed by atoms with Crippen LogP contribution in [0.25, 0.3) is 0 Å². The maximum absolute atomic E-state index is 12.4. The molecule has 0 saturated heterocycles. The molecule has 0 saturated carbocycles. The molecule has 160 valence electrons. The number of benzene rings is 2. The molecular weight excluding hydrogens is 408 g/mol. The summed E-state index contributed by atoms with van der Waals surface area (Å²) in [5.74, 6) is 6.91. The molecule has 31 heavy (non-hydrogen) atoms. The standard InChI is InChI=1S/C22H18O9/c1-25-16-6-13(7-18-21(16)30-11-28-18)4-3-5-27-10-15(23)20(24)14-8-17(26-2)22-19(9-14)29-12-31-22/h6-9H,5,10-12H2,1-2H3. The first-order valence-electron chi connectivity index (χ1n) is 9.20. The summed E-state index contributed by atoms with van der Waals surface area (Å²) in [4.78, 5) is 24.6. The Labute approximate surface area is 177 Å². The molecule has 2 aromatic rings. The number of methoxy groups -OCH3 is 2. The van der Waals surface area contributed by atoms with Crippen LogP contribution >= 0.6 is 0 Å². The Morgan fingerprint density at radius 3 is 2.23 bits per heavy atom. The van der Waals surface area contributed by atoms with Crippen LogP contribution < -0.4 is 28.4 Å². The van der Waals surface area contributed by atoms with E-state index in [0.29, 0.717) is 40.1 Å². The summed E-state index contributed by atoms with van der Waals surface area (Å²) in [6, 6.07) is 6.31. The van der Waals surface area contributed by atoms with Crippen molar-refractivity contribution in [2.75, 3.05) is 41.0 Å². The molecule has 9 nitrogen and oxygen atoms in total. The van der Waals surface area contributed by atoms with E-state index < -0.39 is 18.2 Å². The van der Waals surface area contributed by atoms with Crippen molar-refractivity contribution in [3.63, 3.8) is 0 Å². The van der Waals surface area contributed by atoms with Gasteiger partial charge >= 0.3 is 0 Å². The fourth-order valence-electron chi connectivity index (χ4n) is 3.02. The van der Waals surface area contributed by atoms with E-state index in [4.69, 9.17) is 33.2 Å². The third kappa shape index (κ3) is 4.20. The molecule has 2 aliphatic rings. The molecule has 0 radical (unpaired) electrons. The Morgan fingerprint density at radius 1 is 0.903 bits per heavy atom. The fourth-order valence-corrected chi connectivity index (χ4v) is 3.02. The Kier molecular flexibility index (Phi) is 5.82. The van der Waals surface area contributed by atoms with Crippen molar-refractivity contribution in [2.45, 2.75) is 0 Å². The second-order valence-corrected chi connectivity index (χ2v) is 6.37. The molecule has 0 aliphatic carbocycles.